The van der Waals surface area contributed by atoms with Crippen molar-refractivity contribution in [3.05, 3.63) is 217 Å². The highest BCUT2D eigenvalue weighted by molar-refractivity contribution is 6.24. The molecule has 0 spiro atoms. The zero-order chi connectivity index (χ0) is 39.9. The van der Waals surface area contributed by atoms with Crippen molar-refractivity contribution >= 4 is 82.7 Å². The normalized spacial score (nSPS) is 15.7. The molecule has 286 valence electrons. The molecule has 10 aromatic rings. The van der Waals surface area contributed by atoms with Crippen LogP contribution in [-0.4, -0.2) is 6.10 Å². The smallest absolute Gasteiger partial charge is 0.135 e. The summed E-state index contributed by atoms with van der Waals surface area (Å²) in [6.07, 6.45) is 6.86. The number of rotatable bonds is 6. The lowest BCUT2D eigenvalue weighted by atomic mass is 9.89. The summed E-state index contributed by atoms with van der Waals surface area (Å²) >= 11 is 0. The number of para-hydroxylation sites is 2. The maximum Gasteiger partial charge on any atom is 0.135 e. The van der Waals surface area contributed by atoms with E-state index in [-0.39, 0.29) is 12.0 Å². The summed E-state index contributed by atoms with van der Waals surface area (Å²) < 4.78 is 12.8. The SMILES string of the molecule is Cc1ccc2c(c1)C1C=C(N(c3ccccc3)c3cc4c5ccccc5c(N(c5ccccc5)c5ccc6oc7ccc(C)cc7c6c5)cc4c4ccccc34)C=CC1O2. The third-order valence-electron chi connectivity index (χ3n) is 12.4. The van der Waals surface area contributed by atoms with Crippen molar-refractivity contribution in [3.8, 4) is 5.75 Å². The summed E-state index contributed by atoms with van der Waals surface area (Å²) in [6, 6.07) is 63.6. The fourth-order valence-corrected chi connectivity index (χ4v) is 9.67. The first-order valence-electron chi connectivity index (χ1n) is 20.7. The quantitative estimate of drug-likeness (QED) is 0.157. The first kappa shape index (κ1) is 34.5. The highest BCUT2D eigenvalue weighted by atomic mass is 16.5. The van der Waals surface area contributed by atoms with Crippen LogP contribution in [0.4, 0.5) is 28.4 Å². The Morgan fingerprint density at radius 2 is 0.983 bits per heavy atom. The number of anilines is 5. The summed E-state index contributed by atoms with van der Waals surface area (Å²) in [4.78, 5) is 4.85. The minimum atomic E-state index is -0.0245. The van der Waals surface area contributed by atoms with Gasteiger partial charge in [0.2, 0.25) is 0 Å². The number of benzene rings is 9. The predicted octanol–water partition coefficient (Wildman–Crippen LogP) is 15.3. The van der Waals surface area contributed by atoms with E-state index in [2.05, 4.69) is 218 Å². The van der Waals surface area contributed by atoms with Gasteiger partial charge in [0, 0.05) is 55.8 Å². The van der Waals surface area contributed by atoms with E-state index in [1.165, 1.54) is 49.0 Å². The highest BCUT2D eigenvalue weighted by Gasteiger charge is 2.35. The van der Waals surface area contributed by atoms with Crippen LogP contribution >= 0.6 is 0 Å². The number of allylic oxidation sites excluding steroid dienone is 1. The third kappa shape index (κ3) is 5.45. The van der Waals surface area contributed by atoms with E-state index in [0.29, 0.717) is 0 Å². The van der Waals surface area contributed by atoms with Crippen LogP contribution < -0.4 is 14.5 Å². The topological polar surface area (TPSA) is 28.9 Å². The first-order chi connectivity index (χ1) is 29.6. The maximum atomic E-state index is 6.46. The summed E-state index contributed by atoms with van der Waals surface area (Å²) in [6.45, 7) is 4.29. The molecular formula is C56H40N2O2. The van der Waals surface area contributed by atoms with Gasteiger partial charge < -0.3 is 19.0 Å². The Hall–Kier alpha value is -7.56. The van der Waals surface area contributed by atoms with Gasteiger partial charge in [0.15, 0.2) is 0 Å². The van der Waals surface area contributed by atoms with Gasteiger partial charge in [-0.3, -0.25) is 0 Å². The largest absolute Gasteiger partial charge is 0.485 e. The average molecular weight is 773 g/mol. The van der Waals surface area contributed by atoms with Crippen LogP contribution in [0.5, 0.6) is 5.75 Å². The lowest BCUT2D eigenvalue weighted by molar-refractivity contribution is 0.268. The Morgan fingerprint density at radius 3 is 1.67 bits per heavy atom. The van der Waals surface area contributed by atoms with Gasteiger partial charge in [-0.15, -0.1) is 0 Å². The molecule has 2 heterocycles. The molecule has 0 fully saturated rings. The lowest BCUT2D eigenvalue weighted by Gasteiger charge is -2.32. The van der Waals surface area contributed by atoms with Gasteiger partial charge >= 0.3 is 0 Å². The second-order valence-electron chi connectivity index (χ2n) is 16.2. The predicted molar refractivity (Wildman–Crippen MR) is 250 cm³/mol. The zero-order valence-corrected chi connectivity index (χ0v) is 33.3. The van der Waals surface area contributed by atoms with Gasteiger partial charge in [-0.05, 0) is 126 Å². The first-order valence-corrected chi connectivity index (χ1v) is 20.7. The number of furan rings is 1. The number of ether oxygens (including phenoxy) is 1. The fourth-order valence-electron chi connectivity index (χ4n) is 9.67. The van der Waals surface area contributed by atoms with Gasteiger partial charge in [0.25, 0.3) is 0 Å². The molecule has 1 aromatic heterocycles. The van der Waals surface area contributed by atoms with E-state index >= 15 is 0 Å². The summed E-state index contributed by atoms with van der Waals surface area (Å²) in [7, 11) is 0. The average Bonchev–Trinajstić information content (AvgIpc) is 3.84. The number of fused-ring (bicyclic) bond motifs is 11. The zero-order valence-electron chi connectivity index (χ0n) is 33.3. The molecule has 0 amide bonds. The van der Waals surface area contributed by atoms with E-state index in [1.54, 1.807) is 0 Å². The lowest BCUT2D eigenvalue weighted by Crippen LogP contribution is -2.23. The minimum absolute atomic E-state index is 0.0245. The van der Waals surface area contributed by atoms with Crippen LogP contribution in [-0.2, 0) is 0 Å². The molecule has 2 atom stereocenters. The fraction of sp³-hybridized carbons (Fsp3) is 0.0714. The Balaban J connectivity index is 1.11. The molecule has 0 bridgehead atoms. The minimum Gasteiger partial charge on any atom is -0.485 e. The van der Waals surface area contributed by atoms with E-state index in [1.807, 2.05) is 0 Å². The summed E-state index contributed by atoms with van der Waals surface area (Å²) in [5.74, 6) is 1.09. The molecule has 0 saturated heterocycles. The van der Waals surface area contributed by atoms with Gasteiger partial charge in [-0.1, -0.05) is 114 Å². The van der Waals surface area contributed by atoms with E-state index in [0.717, 1.165) is 61.8 Å². The molecule has 9 aromatic carbocycles. The number of nitrogens with zero attached hydrogens (tertiary/aromatic N) is 2. The number of hydrogen-bond acceptors (Lipinski definition) is 4. The molecule has 2 aliphatic rings. The van der Waals surface area contributed by atoms with Gasteiger partial charge in [-0.25, -0.2) is 0 Å². The van der Waals surface area contributed by atoms with Crippen LogP contribution in [0.3, 0.4) is 0 Å². The van der Waals surface area contributed by atoms with Crippen LogP contribution in [0, 0.1) is 13.8 Å². The molecule has 12 rings (SSSR count). The second-order valence-corrected chi connectivity index (χ2v) is 16.2. The number of aryl methyl sites for hydroxylation is 2. The summed E-state index contributed by atoms with van der Waals surface area (Å²) in [5, 5.41) is 9.37. The molecule has 0 N–H and O–H groups in total. The van der Waals surface area contributed by atoms with Crippen molar-refractivity contribution in [1.29, 1.82) is 0 Å². The standard InChI is InChI=1S/C56H40N2O2/c1-35-21-25-53-47(29-35)49-31-39(23-27-55(49)59-53)57(37-13-5-3-6-14-37)51-33-45-42-18-10-12-20-44(42)52(34-46(45)41-17-9-11-19-43(41)51)58(38-15-7-4-8-16-38)40-24-28-56-50(32-40)48-30-36(2)22-26-54(48)60-56/h3-34,49,55H,1-2H3. The van der Waals surface area contributed by atoms with Crippen LogP contribution in [0.25, 0.3) is 54.3 Å². The van der Waals surface area contributed by atoms with Crippen molar-refractivity contribution in [3.63, 3.8) is 0 Å². The van der Waals surface area contributed by atoms with Crippen LogP contribution in [0.2, 0.25) is 0 Å². The van der Waals surface area contributed by atoms with Gasteiger partial charge in [0.1, 0.15) is 23.0 Å². The molecule has 4 nitrogen and oxygen atoms in total. The molecule has 1 aliphatic heterocycles. The Morgan fingerprint density at radius 1 is 0.433 bits per heavy atom. The van der Waals surface area contributed by atoms with Crippen molar-refractivity contribution in [2.75, 3.05) is 9.80 Å². The Labute approximate surface area is 348 Å². The van der Waals surface area contributed by atoms with E-state index < -0.39 is 0 Å². The van der Waals surface area contributed by atoms with Crippen molar-refractivity contribution < 1.29 is 9.15 Å². The highest BCUT2D eigenvalue weighted by Crippen LogP contribution is 2.49. The maximum absolute atomic E-state index is 6.46. The van der Waals surface area contributed by atoms with Gasteiger partial charge in [-0.2, -0.15) is 0 Å². The Kier molecular flexibility index (Phi) is 7.76. The molecule has 60 heavy (non-hydrogen) atoms. The number of hydrogen-bond donors (Lipinski definition) is 0. The molecule has 0 radical (unpaired) electrons. The second kappa shape index (κ2) is 13.5. The molecule has 2 unspecified atom stereocenters. The molecule has 4 heteroatoms. The van der Waals surface area contributed by atoms with E-state index in [9.17, 15) is 0 Å². The summed E-state index contributed by atoms with van der Waals surface area (Å²) in [5.41, 5.74) is 12.1. The monoisotopic (exact) mass is 772 g/mol. The molecular weight excluding hydrogens is 733 g/mol. The van der Waals surface area contributed by atoms with Crippen molar-refractivity contribution in [1.82, 2.24) is 0 Å². The molecule has 0 saturated carbocycles. The van der Waals surface area contributed by atoms with Crippen LogP contribution in [0.1, 0.15) is 22.6 Å². The van der Waals surface area contributed by atoms with Crippen LogP contribution in [0.15, 0.2) is 204 Å². The molecule has 1 aliphatic carbocycles. The van der Waals surface area contributed by atoms with Crippen molar-refractivity contribution in [2.24, 2.45) is 0 Å². The Bertz CT molecular complexity index is 3400. The van der Waals surface area contributed by atoms with Crippen molar-refractivity contribution in [2.45, 2.75) is 25.9 Å². The third-order valence-corrected chi connectivity index (χ3v) is 12.4. The van der Waals surface area contributed by atoms with E-state index in [4.69, 9.17) is 9.15 Å². The van der Waals surface area contributed by atoms with Gasteiger partial charge in [0.05, 0.1) is 11.4 Å².